The Morgan fingerprint density at radius 1 is 0.479 bits per heavy atom. The average molecular weight is 716 g/mol. The third-order valence-corrected chi connectivity index (χ3v) is 15.4. The van der Waals surface area contributed by atoms with Crippen molar-refractivity contribution in [1.82, 2.24) is 0 Å². The van der Waals surface area contributed by atoms with E-state index in [-0.39, 0.29) is 21.7 Å². The molecule has 0 unspecified atom stereocenters. The number of allylic oxidation sites excluding steroid dienone is 4. The van der Waals surface area contributed by atoms with Crippen LogP contribution in [0.4, 0.5) is 0 Å². The molecule has 245 valence electrons. The van der Waals surface area contributed by atoms with Crippen LogP contribution in [0.3, 0.4) is 0 Å². The first-order valence-electron chi connectivity index (χ1n) is 16.3. The first-order chi connectivity index (χ1) is 22.3. The minimum Gasteiger partial charge on any atom is -0.421 e. The summed E-state index contributed by atoms with van der Waals surface area (Å²) in [6.07, 6.45) is 7.28. The van der Waals surface area contributed by atoms with Gasteiger partial charge in [-0.1, -0.05) is 142 Å². The normalized spacial score (nSPS) is 12.2. The molecule has 5 aromatic rings. The standard InChI is InChI=1S/C18H16OSi.C11H21Si2.2C7H7.Ti/c19-20(16-10-4-1-5-11-16,17-12-6-2-7-13-17)18-14-8-3-9-15-18;1-12(2,3)10-7-8-11(9-10)13(4,5)6;2*1-7-5-3-2-4-6-7;/h1-15,19H;7H,8H2,1-6H3;2*2-6H,1H2;/q;3*-1;+3. The van der Waals surface area contributed by atoms with Crippen molar-refractivity contribution >= 4 is 40.0 Å². The summed E-state index contributed by atoms with van der Waals surface area (Å²) in [6.45, 7) is 21.9. The van der Waals surface area contributed by atoms with Crippen molar-refractivity contribution in [3.05, 3.63) is 199 Å². The molecule has 0 aromatic heterocycles. The van der Waals surface area contributed by atoms with Crippen LogP contribution in [0.15, 0.2) is 168 Å². The number of hydrogen-bond acceptors (Lipinski definition) is 1. The van der Waals surface area contributed by atoms with Crippen LogP contribution in [0.5, 0.6) is 0 Å². The fourth-order valence-corrected chi connectivity index (χ4v) is 10.6. The minimum absolute atomic E-state index is 0. The van der Waals surface area contributed by atoms with Crippen LogP contribution in [0.1, 0.15) is 17.5 Å². The molecule has 1 aliphatic carbocycles. The monoisotopic (exact) mass is 715 g/mol. The maximum absolute atomic E-state index is 11.6. The summed E-state index contributed by atoms with van der Waals surface area (Å²) in [6, 6.07) is 49.7. The smallest absolute Gasteiger partial charge is 0.421 e. The molecule has 0 aliphatic heterocycles. The zero-order valence-corrected chi connectivity index (χ0v) is 34.1. The first kappa shape index (κ1) is 40.8. The van der Waals surface area contributed by atoms with Gasteiger partial charge in [-0.25, -0.2) is 11.3 Å². The van der Waals surface area contributed by atoms with Crippen molar-refractivity contribution in [2.24, 2.45) is 0 Å². The van der Waals surface area contributed by atoms with Crippen LogP contribution in [0, 0.1) is 19.9 Å². The van der Waals surface area contributed by atoms with Crippen LogP contribution in [0.2, 0.25) is 39.3 Å². The molecular formula is C43H51OSi3Ti. The fraction of sp³-hybridized carbons (Fsp3) is 0.163. The van der Waals surface area contributed by atoms with Gasteiger partial charge in [-0.15, -0.1) is 30.7 Å². The molecule has 0 spiro atoms. The van der Waals surface area contributed by atoms with E-state index in [2.05, 4.69) is 65.3 Å². The Labute approximate surface area is 309 Å². The Kier molecular flexibility index (Phi) is 16.7. The van der Waals surface area contributed by atoms with Gasteiger partial charge in [0.1, 0.15) is 0 Å². The molecule has 1 N–H and O–H groups in total. The molecule has 0 bridgehead atoms. The maximum Gasteiger partial charge on any atom is 3.00 e. The van der Waals surface area contributed by atoms with Crippen LogP contribution >= 0.6 is 0 Å². The molecule has 0 heterocycles. The van der Waals surface area contributed by atoms with Gasteiger partial charge in [0.2, 0.25) is 0 Å². The van der Waals surface area contributed by atoms with E-state index in [1.165, 1.54) is 6.42 Å². The van der Waals surface area contributed by atoms with Crippen LogP contribution < -0.4 is 15.6 Å². The van der Waals surface area contributed by atoms with E-state index < -0.39 is 24.5 Å². The van der Waals surface area contributed by atoms with Gasteiger partial charge in [0, 0.05) is 8.07 Å². The van der Waals surface area contributed by atoms with Gasteiger partial charge in [0.05, 0.1) is 8.07 Å². The van der Waals surface area contributed by atoms with Crippen molar-refractivity contribution < 1.29 is 26.5 Å². The summed E-state index contributed by atoms with van der Waals surface area (Å²) in [5.74, 6) is 0. The summed E-state index contributed by atoms with van der Waals surface area (Å²) in [7, 11) is -5.04. The van der Waals surface area contributed by atoms with E-state index in [1.54, 1.807) is 10.4 Å². The van der Waals surface area contributed by atoms with E-state index >= 15 is 0 Å². The third-order valence-electron chi connectivity index (χ3n) is 7.77. The molecule has 0 saturated heterocycles. The average Bonchev–Trinajstić information content (AvgIpc) is 3.60. The van der Waals surface area contributed by atoms with Gasteiger partial charge in [0.25, 0.3) is 8.32 Å². The molecular weight excluding hydrogens is 665 g/mol. The van der Waals surface area contributed by atoms with E-state index in [4.69, 9.17) is 0 Å². The molecule has 6 rings (SSSR count). The summed E-state index contributed by atoms with van der Waals surface area (Å²) < 4.78 is 0. The number of rotatable bonds is 5. The van der Waals surface area contributed by atoms with Crippen molar-refractivity contribution in [1.29, 1.82) is 0 Å². The Balaban J connectivity index is 0.000000245. The Morgan fingerprint density at radius 2 is 0.771 bits per heavy atom. The van der Waals surface area contributed by atoms with E-state index in [1.807, 2.05) is 152 Å². The fourth-order valence-electron chi connectivity index (χ4n) is 4.95. The van der Waals surface area contributed by atoms with Gasteiger partial charge in [-0.3, -0.25) is 6.08 Å². The number of benzene rings is 5. The van der Waals surface area contributed by atoms with Crippen LogP contribution in [-0.4, -0.2) is 29.3 Å². The summed E-state index contributed by atoms with van der Waals surface area (Å²) in [4.78, 5) is 11.6. The molecule has 5 aromatic carbocycles. The quantitative estimate of drug-likeness (QED) is 0.109. The SMILES string of the molecule is C[Si](C)(C)C1=[C-]C([Si](C)(C)C)=CC1.O[Si](c1ccccc1)(c1ccccc1)c1ccccc1.[CH2-]c1ccccc1.[CH2-]c1ccccc1.[Ti+3]. The second-order valence-corrected chi connectivity index (χ2v) is 27.0. The Morgan fingerprint density at radius 3 is 0.958 bits per heavy atom. The topological polar surface area (TPSA) is 20.2 Å². The van der Waals surface area contributed by atoms with E-state index in [9.17, 15) is 4.80 Å². The largest absolute Gasteiger partial charge is 3.00 e. The summed E-state index contributed by atoms with van der Waals surface area (Å²) >= 11 is 0. The molecule has 1 aliphatic rings. The van der Waals surface area contributed by atoms with Crippen molar-refractivity contribution in [3.63, 3.8) is 0 Å². The number of hydrogen-bond donors (Lipinski definition) is 1. The molecule has 0 fully saturated rings. The van der Waals surface area contributed by atoms with Crippen LogP contribution in [0.25, 0.3) is 0 Å². The van der Waals surface area contributed by atoms with E-state index in [0.29, 0.717) is 0 Å². The zero-order chi connectivity index (χ0) is 34.3. The first-order valence-corrected chi connectivity index (χ1v) is 25.2. The minimum atomic E-state index is -2.88. The zero-order valence-electron chi connectivity index (χ0n) is 29.6. The molecule has 0 atom stereocenters. The molecule has 5 heteroatoms. The molecule has 1 nitrogen and oxygen atoms in total. The Hall–Kier alpha value is -3.36. The van der Waals surface area contributed by atoms with Crippen molar-refractivity contribution in [2.45, 2.75) is 45.7 Å². The van der Waals surface area contributed by atoms with Gasteiger partial charge >= 0.3 is 21.7 Å². The van der Waals surface area contributed by atoms with Crippen molar-refractivity contribution in [3.8, 4) is 0 Å². The van der Waals surface area contributed by atoms with Gasteiger partial charge in [-0.05, 0) is 15.6 Å². The van der Waals surface area contributed by atoms with Gasteiger partial charge < -0.3 is 4.80 Å². The predicted octanol–water partition coefficient (Wildman–Crippen LogP) is 9.18. The second-order valence-electron chi connectivity index (χ2n) is 13.7. The molecule has 0 amide bonds. The van der Waals surface area contributed by atoms with Crippen molar-refractivity contribution in [2.75, 3.05) is 0 Å². The summed E-state index contributed by atoms with van der Waals surface area (Å²) in [5.41, 5.74) is 2.14. The van der Waals surface area contributed by atoms with Gasteiger partial charge in [0.15, 0.2) is 0 Å². The predicted molar refractivity (Wildman–Crippen MR) is 214 cm³/mol. The third kappa shape index (κ3) is 12.9. The van der Waals surface area contributed by atoms with E-state index in [0.717, 1.165) is 26.7 Å². The molecule has 0 saturated carbocycles. The molecule has 1 radical (unpaired) electrons. The Bertz CT molecular complexity index is 1520. The maximum atomic E-state index is 11.6. The van der Waals surface area contributed by atoms with Gasteiger partial charge in [-0.2, -0.15) is 54.4 Å². The second kappa shape index (κ2) is 19.6. The summed E-state index contributed by atoms with van der Waals surface area (Å²) in [5, 5.41) is 6.20. The molecule has 48 heavy (non-hydrogen) atoms. The van der Waals surface area contributed by atoms with Crippen LogP contribution in [-0.2, 0) is 21.7 Å².